The van der Waals surface area contributed by atoms with Gasteiger partial charge in [-0.3, -0.25) is 0 Å². The van der Waals surface area contributed by atoms with Crippen molar-refractivity contribution in [2.75, 3.05) is 34.2 Å². The predicted octanol–water partition coefficient (Wildman–Crippen LogP) is 4.74. The molecule has 0 N–H and O–H groups in total. The summed E-state index contributed by atoms with van der Waals surface area (Å²) in [6, 6.07) is 32.2. The van der Waals surface area contributed by atoms with Gasteiger partial charge in [0.25, 0.3) is 0 Å². The highest BCUT2D eigenvalue weighted by atomic mass is 31.1. The second-order valence-electron chi connectivity index (χ2n) is 7.57. The largest absolute Gasteiger partial charge is 0.497 e. The van der Waals surface area contributed by atoms with Crippen molar-refractivity contribution in [3.63, 3.8) is 0 Å². The molecule has 0 amide bonds. The lowest BCUT2D eigenvalue weighted by Crippen LogP contribution is -2.24. The fourth-order valence-corrected chi connectivity index (χ4v) is 6.23. The molecule has 0 aliphatic rings. The van der Waals surface area contributed by atoms with E-state index < -0.39 is 7.92 Å². The predicted molar refractivity (Wildman–Crippen MR) is 137 cm³/mol. The molecule has 33 heavy (non-hydrogen) atoms. The molecule has 0 unspecified atom stereocenters. The summed E-state index contributed by atoms with van der Waals surface area (Å²) in [6.07, 6.45) is 0. The molecule has 0 spiro atoms. The molecule has 5 heteroatoms. The van der Waals surface area contributed by atoms with Gasteiger partial charge in [0, 0.05) is 7.11 Å². The molecule has 4 rings (SSSR count). The van der Waals surface area contributed by atoms with Crippen molar-refractivity contribution >= 4 is 34.6 Å². The van der Waals surface area contributed by atoms with Crippen molar-refractivity contribution in [1.29, 1.82) is 0 Å². The van der Waals surface area contributed by atoms with Crippen LogP contribution in [0.1, 0.15) is 5.56 Å². The Bertz CT molecular complexity index is 1110. The van der Waals surface area contributed by atoms with Gasteiger partial charge in [0.2, 0.25) is 0 Å². The fraction of sp³-hybridized carbons (Fsp3) is 0.214. The van der Waals surface area contributed by atoms with Crippen molar-refractivity contribution in [2.24, 2.45) is 0 Å². The van der Waals surface area contributed by atoms with Gasteiger partial charge in [0.15, 0.2) is 0 Å². The van der Waals surface area contributed by atoms with E-state index in [4.69, 9.17) is 18.9 Å². The van der Waals surface area contributed by atoms with Crippen LogP contribution >= 0.6 is 7.92 Å². The molecule has 0 atom stereocenters. The molecule has 0 fully saturated rings. The van der Waals surface area contributed by atoms with Gasteiger partial charge < -0.3 is 18.9 Å². The van der Waals surface area contributed by atoms with Crippen LogP contribution in [0, 0.1) is 0 Å². The molecule has 0 heterocycles. The number of methoxy groups -OCH3 is 2. The Hall–Kier alpha value is -2.75. The van der Waals surface area contributed by atoms with Crippen LogP contribution in [0.4, 0.5) is 0 Å². The zero-order valence-corrected chi connectivity index (χ0v) is 20.0. The number of fused-ring (bicyclic) bond motifs is 1. The highest BCUT2D eigenvalue weighted by Gasteiger charge is 2.20. The Kier molecular flexibility index (Phi) is 8.46. The maximum atomic E-state index is 5.93. The third-order valence-corrected chi connectivity index (χ3v) is 7.90. The summed E-state index contributed by atoms with van der Waals surface area (Å²) in [4.78, 5) is 0. The Balaban J connectivity index is 1.77. The molecule has 4 aromatic rings. The van der Waals surface area contributed by atoms with Crippen LogP contribution in [0.25, 0.3) is 10.8 Å². The number of hydrogen-bond donors (Lipinski definition) is 0. The smallest absolute Gasteiger partial charge is 0.147 e. The molecule has 4 nitrogen and oxygen atoms in total. The average Bonchev–Trinajstić information content (AvgIpc) is 2.87. The first kappa shape index (κ1) is 23.4. The highest BCUT2D eigenvalue weighted by molar-refractivity contribution is 7.80. The lowest BCUT2D eigenvalue weighted by atomic mass is 10.1. The lowest BCUT2D eigenvalue weighted by Gasteiger charge is -2.23. The minimum atomic E-state index is -0.766. The Morgan fingerprint density at radius 2 is 1.36 bits per heavy atom. The summed E-state index contributed by atoms with van der Waals surface area (Å²) in [5, 5.41) is 6.20. The number of hydrogen-bond acceptors (Lipinski definition) is 4. The molecule has 0 aromatic heterocycles. The van der Waals surface area contributed by atoms with Crippen molar-refractivity contribution in [1.82, 2.24) is 0 Å². The molecule has 0 saturated heterocycles. The van der Waals surface area contributed by atoms with E-state index in [1.807, 2.05) is 6.07 Å². The van der Waals surface area contributed by atoms with Gasteiger partial charge >= 0.3 is 0 Å². The van der Waals surface area contributed by atoms with E-state index in [1.54, 1.807) is 14.2 Å². The molecule has 0 radical (unpaired) electrons. The van der Waals surface area contributed by atoms with E-state index in [1.165, 1.54) is 21.5 Å². The summed E-state index contributed by atoms with van der Waals surface area (Å²) in [7, 11) is 2.60. The molecular weight excluding hydrogens is 431 g/mol. The first-order valence-electron chi connectivity index (χ1n) is 11.0. The number of benzene rings is 4. The van der Waals surface area contributed by atoms with E-state index in [0.717, 1.165) is 16.5 Å². The average molecular weight is 461 g/mol. The second kappa shape index (κ2) is 11.9. The Morgan fingerprint density at radius 1 is 0.667 bits per heavy atom. The molecule has 0 aliphatic carbocycles. The van der Waals surface area contributed by atoms with Crippen LogP contribution in [-0.4, -0.2) is 34.2 Å². The van der Waals surface area contributed by atoms with E-state index in [0.29, 0.717) is 19.8 Å². The molecular formula is C28H29O4P. The monoisotopic (exact) mass is 460 g/mol. The van der Waals surface area contributed by atoms with Crippen molar-refractivity contribution in [2.45, 2.75) is 6.61 Å². The molecule has 170 valence electrons. The summed E-state index contributed by atoms with van der Waals surface area (Å²) >= 11 is 0. The topological polar surface area (TPSA) is 36.9 Å². The summed E-state index contributed by atoms with van der Waals surface area (Å²) < 4.78 is 22.0. The highest BCUT2D eigenvalue weighted by Crippen LogP contribution is 2.36. The van der Waals surface area contributed by atoms with Crippen LogP contribution < -0.4 is 20.7 Å². The summed E-state index contributed by atoms with van der Waals surface area (Å²) in [6.45, 7) is 1.78. The van der Waals surface area contributed by atoms with Gasteiger partial charge in [-0.2, -0.15) is 0 Å². The standard InChI is InChI=1S/C28H29O4P/c1-29-15-16-31-21-32-20-24-17-22-13-14-25(30-2)18-23(22)19-28(24)33(26-9-5-3-6-10-26)27-11-7-4-8-12-27/h3-14,17-19H,15-16,20-21H2,1-2H3. The maximum absolute atomic E-state index is 5.93. The first-order valence-corrected chi connectivity index (χ1v) is 12.3. The van der Waals surface area contributed by atoms with Gasteiger partial charge in [-0.05, 0) is 64.4 Å². The van der Waals surface area contributed by atoms with Gasteiger partial charge in [0.1, 0.15) is 12.5 Å². The van der Waals surface area contributed by atoms with Crippen LogP contribution in [0.15, 0.2) is 91.0 Å². The molecule has 0 saturated carbocycles. The van der Waals surface area contributed by atoms with Crippen LogP contribution in [0.5, 0.6) is 5.75 Å². The molecule has 4 aromatic carbocycles. The zero-order chi connectivity index (χ0) is 22.9. The normalized spacial score (nSPS) is 11.2. The van der Waals surface area contributed by atoms with Crippen LogP contribution in [0.3, 0.4) is 0 Å². The van der Waals surface area contributed by atoms with Crippen molar-refractivity contribution < 1.29 is 18.9 Å². The minimum Gasteiger partial charge on any atom is -0.497 e. The first-order chi connectivity index (χ1) is 16.3. The van der Waals surface area contributed by atoms with Crippen molar-refractivity contribution in [3.05, 3.63) is 96.6 Å². The van der Waals surface area contributed by atoms with Crippen LogP contribution in [-0.2, 0) is 20.8 Å². The van der Waals surface area contributed by atoms with Gasteiger partial charge in [-0.15, -0.1) is 0 Å². The third-order valence-electron chi connectivity index (χ3n) is 5.37. The summed E-state index contributed by atoms with van der Waals surface area (Å²) in [5.41, 5.74) is 1.17. The van der Waals surface area contributed by atoms with Crippen LogP contribution in [0.2, 0.25) is 0 Å². The van der Waals surface area contributed by atoms with Gasteiger partial charge in [0.05, 0.1) is 26.9 Å². The molecule has 0 bridgehead atoms. The molecule has 0 aliphatic heterocycles. The quantitative estimate of drug-likeness (QED) is 0.184. The number of ether oxygens (including phenoxy) is 4. The van der Waals surface area contributed by atoms with Crippen molar-refractivity contribution in [3.8, 4) is 5.75 Å². The van der Waals surface area contributed by atoms with E-state index in [2.05, 4.69) is 84.9 Å². The Labute approximate surface area is 196 Å². The van der Waals surface area contributed by atoms with E-state index >= 15 is 0 Å². The maximum Gasteiger partial charge on any atom is 0.147 e. The number of rotatable bonds is 11. The zero-order valence-electron chi connectivity index (χ0n) is 19.1. The minimum absolute atomic E-state index is 0.234. The fourth-order valence-electron chi connectivity index (χ4n) is 3.75. The van der Waals surface area contributed by atoms with Gasteiger partial charge in [-0.25, -0.2) is 0 Å². The second-order valence-corrected chi connectivity index (χ2v) is 9.75. The lowest BCUT2D eigenvalue weighted by molar-refractivity contribution is -0.0722. The Morgan fingerprint density at radius 3 is 2.00 bits per heavy atom. The SMILES string of the molecule is COCCOCOCc1cc2ccc(OC)cc2cc1P(c1ccccc1)c1ccccc1. The van der Waals surface area contributed by atoms with E-state index in [9.17, 15) is 0 Å². The summed E-state index contributed by atoms with van der Waals surface area (Å²) in [5.74, 6) is 0.854. The van der Waals surface area contributed by atoms with Gasteiger partial charge in [-0.1, -0.05) is 66.7 Å². The third kappa shape index (κ3) is 5.98. The van der Waals surface area contributed by atoms with E-state index in [-0.39, 0.29) is 6.79 Å².